The first-order chi connectivity index (χ1) is 13.7. The monoisotopic (exact) mass is 439 g/mol. The van der Waals surface area contributed by atoms with E-state index in [0.717, 1.165) is 10.0 Å². The lowest BCUT2D eigenvalue weighted by Crippen LogP contribution is -2.04. The number of hydrogen-bond donors (Lipinski definition) is 0. The van der Waals surface area contributed by atoms with Gasteiger partial charge in [0.1, 0.15) is 0 Å². The van der Waals surface area contributed by atoms with Crippen LogP contribution in [0, 0.1) is 0 Å². The number of hydrogen-bond acceptors (Lipinski definition) is 1. The number of rotatable bonds is 5. The lowest BCUT2D eigenvalue weighted by molar-refractivity contribution is 1.28. The molecule has 0 spiro atoms. The Bertz CT molecular complexity index is 983. The first-order valence-electron chi connectivity index (χ1n) is 8.77. The molecule has 138 valence electrons. The van der Waals surface area contributed by atoms with Gasteiger partial charge in [-0.2, -0.15) is 0 Å². The molecule has 0 aromatic heterocycles. The second kappa shape index (κ2) is 9.11. The summed E-state index contributed by atoms with van der Waals surface area (Å²) >= 11 is 14.0. The molecule has 0 heterocycles. The molecule has 0 fully saturated rings. The van der Waals surface area contributed by atoms with Crippen LogP contribution in [-0.4, -0.2) is 0 Å². The van der Waals surface area contributed by atoms with Crippen LogP contribution in [-0.2, 0) is 10.9 Å². The van der Waals surface area contributed by atoms with E-state index in [1.165, 1.54) is 24.5 Å². The summed E-state index contributed by atoms with van der Waals surface area (Å²) in [5.74, 6) is 0. The molecule has 0 amide bonds. The predicted molar refractivity (Wildman–Crippen MR) is 122 cm³/mol. The zero-order valence-corrected chi connectivity index (χ0v) is 18.0. The summed E-state index contributed by atoms with van der Waals surface area (Å²) in [6.07, 6.45) is 0. The third kappa shape index (κ3) is 4.76. The van der Waals surface area contributed by atoms with Crippen LogP contribution in [0.2, 0.25) is 10.0 Å². The number of halogens is 2. The van der Waals surface area contributed by atoms with Crippen LogP contribution in [0.15, 0.2) is 128 Å². The van der Waals surface area contributed by atoms with E-state index in [-0.39, 0.29) is 10.9 Å². The van der Waals surface area contributed by atoms with Crippen molar-refractivity contribution < 1.29 is 0 Å². The third-order valence-corrected chi connectivity index (χ3v) is 7.89. The molecule has 0 saturated carbocycles. The normalized spacial score (nSPS) is 11.0. The van der Waals surface area contributed by atoms with Crippen LogP contribution in [0.5, 0.6) is 0 Å². The van der Waals surface area contributed by atoms with Crippen LogP contribution in [0.3, 0.4) is 0 Å². The molecule has 28 heavy (non-hydrogen) atoms. The zero-order valence-electron chi connectivity index (χ0n) is 14.9. The van der Waals surface area contributed by atoms with Gasteiger partial charge in [0.15, 0.2) is 14.7 Å². The average Bonchev–Trinajstić information content (AvgIpc) is 2.73. The van der Waals surface area contributed by atoms with Crippen molar-refractivity contribution in [1.29, 1.82) is 0 Å². The van der Waals surface area contributed by atoms with Gasteiger partial charge in [-0.1, -0.05) is 53.2 Å². The molecule has 0 aliphatic carbocycles. The molecule has 0 nitrogen and oxygen atoms in total. The van der Waals surface area contributed by atoms with Crippen LogP contribution in [0.1, 0.15) is 0 Å². The smallest absolute Gasteiger partial charge is 0.0901 e. The molecule has 0 saturated heterocycles. The number of benzene rings is 4. The van der Waals surface area contributed by atoms with E-state index in [2.05, 4.69) is 72.8 Å². The maximum atomic E-state index is 6.11. The van der Waals surface area contributed by atoms with E-state index in [0.29, 0.717) is 0 Å². The Kier molecular flexibility index (Phi) is 6.33. The standard InChI is InChI=1S/C24H17Cl2S2/c25-18-6-12-22(13-7-18)28(23-14-8-19(26)9-15-23)24-16-10-21(11-17-24)27-20-4-2-1-3-5-20/h1-17H/q+1. The SMILES string of the molecule is Clc1ccc([S+](c2ccc(Cl)cc2)c2ccc(Sc3ccccc3)cc2)cc1. The van der Waals surface area contributed by atoms with E-state index in [1.54, 1.807) is 11.8 Å². The van der Waals surface area contributed by atoms with Crippen LogP contribution in [0.4, 0.5) is 0 Å². The molecule has 4 heteroatoms. The van der Waals surface area contributed by atoms with Crippen molar-refractivity contribution in [1.82, 2.24) is 0 Å². The van der Waals surface area contributed by atoms with Gasteiger partial charge in [-0.15, -0.1) is 0 Å². The summed E-state index contributed by atoms with van der Waals surface area (Å²) in [7, 11) is -0.212. The third-order valence-electron chi connectivity index (χ3n) is 4.14. The van der Waals surface area contributed by atoms with Gasteiger partial charge in [0.05, 0.1) is 10.9 Å². The van der Waals surface area contributed by atoms with E-state index in [1.807, 2.05) is 30.3 Å². The highest BCUT2D eigenvalue weighted by Crippen LogP contribution is 2.34. The summed E-state index contributed by atoms with van der Waals surface area (Å²) in [6, 6.07) is 35.5. The average molecular weight is 440 g/mol. The van der Waals surface area contributed by atoms with Crippen molar-refractivity contribution in [3.05, 3.63) is 113 Å². The fourth-order valence-corrected chi connectivity index (χ4v) is 5.95. The quantitative estimate of drug-likeness (QED) is 0.282. The van der Waals surface area contributed by atoms with Gasteiger partial charge in [0.2, 0.25) is 0 Å². The molecule has 0 N–H and O–H groups in total. The van der Waals surface area contributed by atoms with Gasteiger partial charge >= 0.3 is 0 Å². The fourth-order valence-electron chi connectivity index (χ4n) is 2.82. The summed E-state index contributed by atoms with van der Waals surface area (Å²) in [4.78, 5) is 6.20. The first-order valence-corrected chi connectivity index (χ1v) is 11.6. The molecule has 0 aliphatic heterocycles. The van der Waals surface area contributed by atoms with Crippen LogP contribution in [0.25, 0.3) is 0 Å². The van der Waals surface area contributed by atoms with Crippen molar-refractivity contribution in [3.8, 4) is 0 Å². The minimum absolute atomic E-state index is 0.212. The Morgan fingerprint density at radius 1 is 0.464 bits per heavy atom. The fraction of sp³-hybridized carbons (Fsp3) is 0. The van der Waals surface area contributed by atoms with Gasteiger partial charge in [0.25, 0.3) is 0 Å². The lowest BCUT2D eigenvalue weighted by Gasteiger charge is -2.09. The Morgan fingerprint density at radius 3 is 1.32 bits per heavy atom. The van der Waals surface area contributed by atoms with Gasteiger partial charge in [-0.3, -0.25) is 0 Å². The highest BCUT2D eigenvalue weighted by Gasteiger charge is 2.28. The van der Waals surface area contributed by atoms with Gasteiger partial charge in [-0.25, -0.2) is 0 Å². The summed E-state index contributed by atoms with van der Waals surface area (Å²) < 4.78 is 0. The maximum absolute atomic E-state index is 6.11. The summed E-state index contributed by atoms with van der Waals surface area (Å²) in [6.45, 7) is 0. The van der Waals surface area contributed by atoms with Crippen LogP contribution >= 0.6 is 35.0 Å². The van der Waals surface area contributed by atoms with Gasteiger partial charge in [-0.05, 0) is 84.9 Å². The van der Waals surface area contributed by atoms with Crippen molar-refractivity contribution in [2.75, 3.05) is 0 Å². The van der Waals surface area contributed by atoms with Crippen molar-refractivity contribution in [2.45, 2.75) is 24.5 Å². The molecular weight excluding hydrogens is 423 g/mol. The largest absolute Gasteiger partial charge is 0.166 e. The first kappa shape index (κ1) is 19.5. The highest BCUT2D eigenvalue weighted by molar-refractivity contribution is 7.99. The Hall–Kier alpha value is -1.84. The predicted octanol–water partition coefficient (Wildman–Crippen LogP) is 8.24. The lowest BCUT2D eigenvalue weighted by atomic mass is 10.3. The Balaban J connectivity index is 1.68. The van der Waals surface area contributed by atoms with Crippen molar-refractivity contribution in [2.24, 2.45) is 0 Å². The molecule has 4 rings (SSSR count). The summed E-state index contributed by atoms with van der Waals surface area (Å²) in [5, 5.41) is 1.50. The maximum Gasteiger partial charge on any atom is 0.166 e. The van der Waals surface area contributed by atoms with E-state index >= 15 is 0 Å². The molecule has 0 aliphatic rings. The highest BCUT2D eigenvalue weighted by atomic mass is 35.5. The Morgan fingerprint density at radius 2 is 0.857 bits per heavy atom. The van der Waals surface area contributed by atoms with E-state index in [9.17, 15) is 0 Å². The topological polar surface area (TPSA) is 0 Å². The molecule has 0 radical (unpaired) electrons. The molecule has 4 aromatic carbocycles. The van der Waals surface area contributed by atoms with Crippen molar-refractivity contribution in [3.63, 3.8) is 0 Å². The zero-order chi connectivity index (χ0) is 19.3. The van der Waals surface area contributed by atoms with Crippen LogP contribution < -0.4 is 0 Å². The molecule has 4 aromatic rings. The molecule has 0 bridgehead atoms. The van der Waals surface area contributed by atoms with E-state index in [4.69, 9.17) is 23.2 Å². The molecule has 0 unspecified atom stereocenters. The van der Waals surface area contributed by atoms with Crippen molar-refractivity contribution >= 4 is 45.9 Å². The minimum atomic E-state index is -0.212. The summed E-state index contributed by atoms with van der Waals surface area (Å²) in [5.41, 5.74) is 0. The van der Waals surface area contributed by atoms with Gasteiger partial charge < -0.3 is 0 Å². The second-order valence-corrected chi connectivity index (χ2v) is 10.1. The Labute approximate surface area is 182 Å². The minimum Gasteiger partial charge on any atom is -0.0901 e. The van der Waals surface area contributed by atoms with Gasteiger partial charge in [0, 0.05) is 19.8 Å². The molecule has 0 atom stereocenters. The molecular formula is C24H17Cl2S2+. The van der Waals surface area contributed by atoms with E-state index < -0.39 is 0 Å². The second-order valence-electron chi connectivity index (χ2n) is 6.10.